The molecular weight excluding hydrogens is 631 g/mol. The number of benzene rings is 4. The zero-order valence-electron chi connectivity index (χ0n) is 23.8. The Bertz CT molecular complexity index is 1850. The van der Waals surface area contributed by atoms with Crippen molar-refractivity contribution in [1.29, 1.82) is 0 Å². The van der Waals surface area contributed by atoms with E-state index in [1.165, 1.54) is 17.8 Å². The van der Waals surface area contributed by atoms with Crippen LogP contribution in [0, 0.1) is 6.92 Å². The molecule has 1 aromatic heterocycles. The van der Waals surface area contributed by atoms with Crippen molar-refractivity contribution in [2.45, 2.75) is 17.1 Å². The summed E-state index contributed by atoms with van der Waals surface area (Å²) < 4.78 is 5.07. The highest BCUT2D eigenvalue weighted by molar-refractivity contribution is 8.00. The molecule has 5 aromatic rings. The molecule has 45 heavy (non-hydrogen) atoms. The van der Waals surface area contributed by atoms with Crippen LogP contribution in [0.3, 0.4) is 0 Å². The summed E-state index contributed by atoms with van der Waals surface area (Å²) >= 11 is 13.7. The molecular formula is C34H26Cl2N4O4S. The van der Waals surface area contributed by atoms with Crippen molar-refractivity contribution in [1.82, 2.24) is 10.5 Å². The van der Waals surface area contributed by atoms with E-state index in [9.17, 15) is 14.4 Å². The highest BCUT2D eigenvalue weighted by Crippen LogP contribution is 2.36. The molecule has 11 heteroatoms. The second-order valence-corrected chi connectivity index (χ2v) is 11.8. The number of carbonyl (C=O) groups is 3. The van der Waals surface area contributed by atoms with Crippen molar-refractivity contribution in [2.24, 2.45) is 0 Å². The van der Waals surface area contributed by atoms with E-state index in [0.29, 0.717) is 38.4 Å². The van der Waals surface area contributed by atoms with E-state index in [1.807, 2.05) is 30.3 Å². The second-order valence-electron chi connectivity index (χ2n) is 9.74. The number of aryl methyl sites for hydroxylation is 1. The average Bonchev–Trinajstić information content (AvgIpc) is 3.46. The van der Waals surface area contributed by atoms with Gasteiger partial charge in [0.1, 0.15) is 16.7 Å². The van der Waals surface area contributed by atoms with Crippen molar-refractivity contribution in [3.8, 4) is 0 Å². The van der Waals surface area contributed by atoms with Crippen molar-refractivity contribution in [2.75, 3.05) is 10.6 Å². The summed E-state index contributed by atoms with van der Waals surface area (Å²) in [5.41, 5.74) is 2.15. The van der Waals surface area contributed by atoms with Crippen molar-refractivity contribution in [3.05, 3.63) is 147 Å². The monoisotopic (exact) mass is 656 g/mol. The fourth-order valence-electron chi connectivity index (χ4n) is 4.19. The van der Waals surface area contributed by atoms with Gasteiger partial charge in [-0.3, -0.25) is 14.4 Å². The first kappa shape index (κ1) is 31.6. The molecule has 4 aromatic carbocycles. The van der Waals surface area contributed by atoms with Gasteiger partial charge in [-0.05, 0) is 72.7 Å². The summed E-state index contributed by atoms with van der Waals surface area (Å²) in [6.07, 6.45) is 1.48. The molecule has 0 bridgehead atoms. The molecule has 0 aliphatic rings. The summed E-state index contributed by atoms with van der Waals surface area (Å²) in [4.78, 5) is 40.4. The Balaban J connectivity index is 1.34. The standard InChI is InChI=1S/C34H26Cl2N4O4S/c1-21-18-30(40-44-21)39-34(43)31(22-8-4-2-5-9-22)45-27-16-14-26(15-17-27)37-33(42)29(19-24-12-13-25(35)20-28(24)36)38-32(41)23-10-6-3-7-11-23/h2-20,31H,1H3,(H,37,42)(H,38,41)(H,39,40,43)/b29-19-. The fourth-order valence-corrected chi connectivity index (χ4v) is 5.67. The number of nitrogens with one attached hydrogen (secondary N) is 3. The van der Waals surface area contributed by atoms with E-state index in [0.717, 1.165) is 10.5 Å². The van der Waals surface area contributed by atoms with Gasteiger partial charge in [-0.15, -0.1) is 11.8 Å². The van der Waals surface area contributed by atoms with Gasteiger partial charge in [-0.25, -0.2) is 0 Å². The Labute approximate surface area is 273 Å². The van der Waals surface area contributed by atoms with Gasteiger partial charge in [0.25, 0.3) is 11.8 Å². The molecule has 8 nitrogen and oxygen atoms in total. The number of rotatable bonds is 10. The van der Waals surface area contributed by atoms with Crippen LogP contribution in [-0.2, 0) is 9.59 Å². The molecule has 5 rings (SSSR count). The van der Waals surface area contributed by atoms with Gasteiger partial charge in [0.05, 0.1) is 0 Å². The van der Waals surface area contributed by atoms with Crippen molar-refractivity contribution >= 4 is 70.3 Å². The first-order valence-corrected chi connectivity index (χ1v) is 15.3. The Morgan fingerprint density at radius 3 is 2.18 bits per heavy atom. The van der Waals surface area contributed by atoms with E-state index in [1.54, 1.807) is 85.8 Å². The lowest BCUT2D eigenvalue weighted by Crippen LogP contribution is -2.30. The third-order valence-electron chi connectivity index (χ3n) is 6.38. The fraction of sp³-hybridized carbons (Fsp3) is 0.0588. The molecule has 0 aliphatic heterocycles. The molecule has 0 fully saturated rings. The van der Waals surface area contributed by atoms with Crippen molar-refractivity contribution < 1.29 is 18.9 Å². The summed E-state index contributed by atoms with van der Waals surface area (Å²) in [7, 11) is 0. The van der Waals surface area contributed by atoms with E-state index in [2.05, 4.69) is 21.1 Å². The van der Waals surface area contributed by atoms with Gasteiger partial charge in [0.15, 0.2) is 5.82 Å². The smallest absolute Gasteiger partial charge is 0.272 e. The zero-order chi connectivity index (χ0) is 31.8. The number of amides is 3. The minimum absolute atomic E-state index is 0.0181. The minimum atomic E-state index is -0.587. The number of nitrogens with zero attached hydrogens (tertiary/aromatic N) is 1. The van der Waals surface area contributed by atoms with E-state index < -0.39 is 17.1 Å². The predicted octanol–water partition coefficient (Wildman–Crippen LogP) is 8.17. The highest BCUT2D eigenvalue weighted by atomic mass is 35.5. The molecule has 3 amide bonds. The lowest BCUT2D eigenvalue weighted by molar-refractivity contribution is -0.116. The maximum Gasteiger partial charge on any atom is 0.272 e. The molecule has 0 radical (unpaired) electrons. The summed E-state index contributed by atoms with van der Waals surface area (Å²) in [5, 5.41) is 12.4. The number of anilines is 2. The minimum Gasteiger partial charge on any atom is -0.360 e. The van der Waals surface area contributed by atoms with E-state index in [-0.39, 0.29) is 11.6 Å². The number of hydrogen-bond donors (Lipinski definition) is 3. The maximum atomic E-state index is 13.4. The number of aromatic nitrogens is 1. The number of hydrogen-bond acceptors (Lipinski definition) is 6. The van der Waals surface area contributed by atoms with Crippen LogP contribution in [-0.4, -0.2) is 22.9 Å². The number of carbonyl (C=O) groups excluding carboxylic acids is 3. The van der Waals surface area contributed by atoms with E-state index >= 15 is 0 Å². The topological polar surface area (TPSA) is 113 Å². The molecule has 1 unspecified atom stereocenters. The Kier molecular flexibility index (Phi) is 10.4. The summed E-state index contributed by atoms with van der Waals surface area (Å²) in [6, 6.07) is 31.4. The third kappa shape index (κ3) is 8.63. The summed E-state index contributed by atoms with van der Waals surface area (Å²) in [6.45, 7) is 1.75. The van der Waals surface area contributed by atoms with Crippen LogP contribution >= 0.6 is 35.0 Å². The molecule has 3 N–H and O–H groups in total. The van der Waals surface area contributed by atoms with Crippen LogP contribution in [0.25, 0.3) is 6.08 Å². The molecule has 0 aliphatic carbocycles. The highest BCUT2D eigenvalue weighted by Gasteiger charge is 2.23. The average molecular weight is 658 g/mol. The lowest BCUT2D eigenvalue weighted by atomic mass is 10.1. The van der Waals surface area contributed by atoms with Crippen LogP contribution in [0.2, 0.25) is 10.0 Å². The summed E-state index contributed by atoms with van der Waals surface area (Å²) in [5.74, 6) is -0.363. The SMILES string of the molecule is Cc1cc(NC(=O)C(Sc2ccc(NC(=O)/C(=C/c3ccc(Cl)cc3Cl)NC(=O)c3ccccc3)cc2)c2ccccc2)no1. The zero-order valence-corrected chi connectivity index (χ0v) is 26.1. The number of halogens is 2. The van der Waals surface area contributed by atoms with Crippen LogP contribution in [0.15, 0.2) is 124 Å². The van der Waals surface area contributed by atoms with Crippen molar-refractivity contribution in [3.63, 3.8) is 0 Å². The lowest BCUT2D eigenvalue weighted by Gasteiger charge is -2.16. The normalized spacial score (nSPS) is 11.8. The van der Waals surface area contributed by atoms with Gasteiger partial charge < -0.3 is 20.5 Å². The molecule has 0 spiro atoms. The molecule has 226 valence electrons. The molecule has 0 saturated heterocycles. The van der Waals surface area contributed by atoms with Gasteiger partial charge in [-0.2, -0.15) is 0 Å². The molecule has 0 saturated carbocycles. The van der Waals surface area contributed by atoms with Gasteiger partial charge in [0.2, 0.25) is 5.91 Å². The Morgan fingerprint density at radius 1 is 0.844 bits per heavy atom. The van der Waals surface area contributed by atoms with Crippen LogP contribution in [0.5, 0.6) is 0 Å². The van der Waals surface area contributed by atoms with Gasteiger partial charge >= 0.3 is 0 Å². The first-order chi connectivity index (χ1) is 21.7. The van der Waals surface area contributed by atoms with Crippen LogP contribution in [0.1, 0.15) is 32.5 Å². The second kappa shape index (κ2) is 14.8. The Morgan fingerprint density at radius 2 is 1.53 bits per heavy atom. The Hall–Kier alpha value is -4.83. The largest absolute Gasteiger partial charge is 0.360 e. The molecule has 1 atom stereocenters. The first-order valence-electron chi connectivity index (χ1n) is 13.7. The quantitative estimate of drug-likeness (QED) is 0.103. The van der Waals surface area contributed by atoms with E-state index in [4.69, 9.17) is 27.7 Å². The van der Waals surface area contributed by atoms with Gasteiger partial charge in [0, 0.05) is 32.3 Å². The van der Waals surface area contributed by atoms with Crippen LogP contribution in [0.4, 0.5) is 11.5 Å². The molecule has 1 heterocycles. The van der Waals surface area contributed by atoms with Crippen LogP contribution < -0.4 is 16.0 Å². The maximum absolute atomic E-state index is 13.4. The predicted molar refractivity (Wildman–Crippen MR) is 178 cm³/mol. The third-order valence-corrected chi connectivity index (χ3v) is 8.21. The number of thioether (sulfide) groups is 1. The van der Waals surface area contributed by atoms with Gasteiger partial charge in [-0.1, -0.05) is 83.0 Å².